The lowest BCUT2D eigenvalue weighted by Gasteiger charge is -2.07. The highest BCUT2D eigenvalue weighted by Gasteiger charge is 2.08. The van der Waals surface area contributed by atoms with Crippen LogP contribution in [0.3, 0.4) is 0 Å². The fourth-order valence-electron chi connectivity index (χ4n) is 3.34. The minimum absolute atomic E-state index is 0.648. The maximum Gasteiger partial charge on any atom is 0.157 e. The lowest BCUT2D eigenvalue weighted by molar-refractivity contribution is 0.618. The standard InChI is InChI=1S/C24H17ClN4O/c1-15-6-11-22-19(12-15)21(13-23(30-22)16-7-9-17(25)10-8-16)28-29-24-18-4-2-3-5-20(18)26-14-27-24/h2-14H,1H3,(H,26,27,29)/b28-21-. The number of rotatable bonds is 3. The van der Waals surface area contributed by atoms with Gasteiger partial charge in [0.2, 0.25) is 0 Å². The zero-order chi connectivity index (χ0) is 20.5. The number of halogens is 1. The van der Waals surface area contributed by atoms with E-state index in [9.17, 15) is 0 Å². The second-order valence-electron chi connectivity index (χ2n) is 6.97. The molecular formula is C24H17ClN4O. The molecule has 0 saturated carbocycles. The number of benzene rings is 3. The predicted octanol–water partition coefficient (Wildman–Crippen LogP) is 5.93. The van der Waals surface area contributed by atoms with Gasteiger partial charge in [-0.05, 0) is 55.5 Å². The lowest BCUT2D eigenvalue weighted by Crippen LogP contribution is -2.08. The first kappa shape index (κ1) is 18.3. The largest absolute Gasteiger partial charge is 0.456 e. The Morgan fingerprint density at radius 1 is 0.900 bits per heavy atom. The third-order valence-electron chi connectivity index (χ3n) is 4.85. The van der Waals surface area contributed by atoms with E-state index < -0.39 is 0 Å². The van der Waals surface area contributed by atoms with Crippen LogP contribution in [0.4, 0.5) is 5.82 Å². The summed E-state index contributed by atoms with van der Waals surface area (Å²) in [6, 6.07) is 23.3. The average Bonchev–Trinajstić information content (AvgIpc) is 2.78. The molecule has 0 aliphatic rings. The molecule has 0 bridgehead atoms. The van der Waals surface area contributed by atoms with Crippen molar-refractivity contribution >= 4 is 39.3 Å². The van der Waals surface area contributed by atoms with Crippen molar-refractivity contribution in [2.24, 2.45) is 5.10 Å². The molecule has 0 unspecified atom stereocenters. The molecule has 1 N–H and O–H groups in total. The van der Waals surface area contributed by atoms with E-state index in [-0.39, 0.29) is 0 Å². The zero-order valence-corrected chi connectivity index (χ0v) is 16.9. The molecule has 146 valence electrons. The van der Waals surface area contributed by atoms with Crippen LogP contribution in [0.15, 0.2) is 88.6 Å². The van der Waals surface area contributed by atoms with Crippen LogP contribution in [-0.4, -0.2) is 9.97 Å². The summed E-state index contributed by atoms with van der Waals surface area (Å²) in [4.78, 5) is 8.66. The maximum atomic E-state index is 6.15. The number of aromatic nitrogens is 2. The van der Waals surface area contributed by atoms with Crippen LogP contribution in [0, 0.1) is 6.92 Å². The smallest absolute Gasteiger partial charge is 0.157 e. The summed E-state index contributed by atoms with van der Waals surface area (Å²) >= 11 is 6.04. The highest BCUT2D eigenvalue weighted by molar-refractivity contribution is 6.30. The first-order chi connectivity index (χ1) is 14.7. The van der Waals surface area contributed by atoms with Gasteiger partial charge in [0, 0.05) is 27.4 Å². The molecule has 6 heteroatoms. The molecular weight excluding hydrogens is 396 g/mol. The topological polar surface area (TPSA) is 63.3 Å². The monoisotopic (exact) mass is 412 g/mol. The van der Waals surface area contributed by atoms with E-state index in [4.69, 9.17) is 16.0 Å². The Bertz CT molecular complexity index is 1440. The Balaban J connectivity index is 1.68. The van der Waals surface area contributed by atoms with Gasteiger partial charge in [0.15, 0.2) is 5.82 Å². The van der Waals surface area contributed by atoms with Crippen LogP contribution in [0.1, 0.15) is 5.56 Å². The van der Waals surface area contributed by atoms with E-state index in [1.807, 2.05) is 73.7 Å². The van der Waals surface area contributed by atoms with Crippen LogP contribution >= 0.6 is 11.6 Å². The normalized spacial score (nSPS) is 11.9. The van der Waals surface area contributed by atoms with Crippen molar-refractivity contribution < 1.29 is 4.42 Å². The van der Waals surface area contributed by atoms with E-state index in [0.29, 0.717) is 16.6 Å². The number of aryl methyl sites for hydroxylation is 1. The summed E-state index contributed by atoms with van der Waals surface area (Å²) in [5.41, 5.74) is 6.77. The van der Waals surface area contributed by atoms with Crippen LogP contribution in [0.2, 0.25) is 5.02 Å². The third-order valence-corrected chi connectivity index (χ3v) is 5.10. The van der Waals surface area contributed by atoms with Gasteiger partial charge in [-0.2, -0.15) is 5.10 Å². The molecule has 0 spiro atoms. The van der Waals surface area contributed by atoms with Gasteiger partial charge in [0.25, 0.3) is 0 Å². The quantitative estimate of drug-likeness (QED) is 0.373. The Hall–Kier alpha value is -3.70. The molecule has 0 amide bonds. The van der Waals surface area contributed by atoms with Crippen LogP contribution in [-0.2, 0) is 0 Å². The number of hydrogen-bond acceptors (Lipinski definition) is 5. The van der Waals surface area contributed by atoms with Crippen molar-refractivity contribution in [3.8, 4) is 11.3 Å². The average molecular weight is 413 g/mol. The third kappa shape index (κ3) is 3.51. The van der Waals surface area contributed by atoms with Gasteiger partial charge in [-0.15, -0.1) is 0 Å². The molecule has 2 aromatic heterocycles. The van der Waals surface area contributed by atoms with Crippen molar-refractivity contribution in [2.45, 2.75) is 6.92 Å². The summed E-state index contributed by atoms with van der Waals surface area (Å²) in [5, 5.41) is 7.93. The minimum Gasteiger partial charge on any atom is -0.456 e. The molecule has 0 radical (unpaired) electrons. The van der Waals surface area contributed by atoms with Gasteiger partial charge < -0.3 is 4.42 Å². The summed E-state index contributed by atoms with van der Waals surface area (Å²) in [5.74, 6) is 1.35. The molecule has 5 rings (SSSR count). The van der Waals surface area contributed by atoms with E-state index in [2.05, 4.69) is 26.6 Å². The second-order valence-corrected chi connectivity index (χ2v) is 7.40. The summed E-state index contributed by atoms with van der Waals surface area (Å²) in [6.45, 7) is 2.04. The molecule has 2 heterocycles. The van der Waals surface area contributed by atoms with E-state index >= 15 is 0 Å². The van der Waals surface area contributed by atoms with E-state index in [0.717, 1.165) is 38.4 Å². The molecule has 0 fully saturated rings. The molecule has 0 aliphatic heterocycles. The fraction of sp³-hybridized carbons (Fsp3) is 0.0417. The first-order valence-corrected chi connectivity index (χ1v) is 9.85. The number of para-hydroxylation sites is 1. The van der Waals surface area contributed by atoms with Gasteiger partial charge in [-0.1, -0.05) is 35.4 Å². The van der Waals surface area contributed by atoms with Crippen molar-refractivity contribution in [1.29, 1.82) is 0 Å². The lowest BCUT2D eigenvalue weighted by atomic mass is 10.1. The molecule has 0 atom stereocenters. The molecule has 0 saturated heterocycles. The SMILES string of the molecule is Cc1ccc2oc(-c3ccc(Cl)cc3)c/c(=N/Nc3ncnc4ccccc34)c2c1. The fourth-order valence-corrected chi connectivity index (χ4v) is 3.46. The Morgan fingerprint density at radius 3 is 2.60 bits per heavy atom. The summed E-state index contributed by atoms with van der Waals surface area (Å²) in [7, 11) is 0. The van der Waals surface area contributed by atoms with Crippen molar-refractivity contribution in [2.75, 3.05) is 5.43 Å². The highest BCUT2D eigenvalue weighted by atomic mass is 35.5. The number of fused-ring (bicyclic) bond motifs is 2. The number of anilines is 1. The van der Waals surface area contributed by atoms with Gasteiger partial charge >= 0.3 is 0 Å². The number of hydrogen-bond donors (Lipinski definition) is 1. The van der Waals surface area contributed by atoms with Gasteiger partial charge in [-0.25, -0.2) is 9.97 Å². The van der Waals surface area contributed by atoms with E-state index in [1.165, 1.54) is 6.33 Å². The van der Waals surface area contributed by atoms with Crippen molar-refractivity contribution in [3.63, 3.8) is 0 Å². The van der Waals surface area contributed by atoms with Crippen molar-refractivity contribution in [1.82, 2.24) is 9.97 Å². The molecule has 5 nitrogen and oxygen atoms in total. The number of nitrogens with zero attached hydrogens (tertiary/aromatic N) is 3. The maximum absolute atomic E-state index is 6.15. The van der Waals surface area contributed by atoms with Crippen LogP contribution < -0.4 is 10.8 Å². The van der Waals surface area contributed by atoms with Gasteiger partial charge in [0.05, 0.1) is 10.9 Å². The minimum atomic E-state index is 0.648. The van der Waals surface area contributed by atoms with Gasteiger partial charge in [0.1, 0.15) is 17.7 Å². The van der Waals surface area contributed by atoms with Crippen molar-refractivity contribution in [3.05, 3.63) is 95.1 Å². The Kier molecular flexibility index (Phi) is 4.65. The zero-order valence-electron chi connectivity index (χ0n) is 16.1. The van der Waals surface area contributed by atoms with Crippen LogP contribution in [0.5, 0.6) is 0 Å². The molecule has 3 aromatic carbocycles. The first-order valence-electron chi connectivity index (χ1n) is 9.47. The summed E-state index contributed by atoms with van der Waals surface area (Å²) in [6.07, 6.45) is 1.53. The highest BCUT2D eigenvalue weighted by Crippen LogP contribution is 2.24. The Labute approximate surface area is 177 Å². The van der Waals surface area contributed by atoms with Crippen LogP contribution in [0.25, 0.3) is 33.2 Å². The molecule has 5 aromatic rings. The van der Waals surface area contributed by atoms with Gasteiger partial charge in [-0.3, -0.25) is 5.43 Å². The van der Waals surface area contributed by atoms with E-state index in [1.54, 1.807) is 0 Å². The Morgan fingerprint density at radius 2 is 1.73 bits per heavy atom. The molecule has 0 aliphatic carbocycles. The second kappa shape index (κ2) is 7.61. The predicted molar refractivity (Wildman–Crippen MR) is 120 cm³/mol. The molecule has 30 heavy (non-hydrogen) atoms. The summed E-state index contributed by atoms with van der Waals surface area (Å²) < 4.78 is 6.15. The number of nitrogens with one attached hydrogen (secondary N) is 1.